The summed E-state index contributed by atoms with van der Waals surface area (Å²) in [5, 5.41) is 5.71. The quantitative estimate of drug-likeness (QED) is 0.904. The van der Waals surface area contributed by atoms with Crippen LogP contribution < -0.4 is 10.1 Å². The zero-order valence-electron chi connectivity index (χ0n) is 12.3. The molecule has 0 spiro atoms. The standard InChI is InChI=1S/C17H21NOS/c1-12(16-5-4-8-20-16)18-11-13-6-7-15-14(9-13)10-17(2,3)19-15/h4-9,12,18H,10-11H2,1-3H3/t12-/m0/s1. The molecule has 0 unspecified atom stereocenters. The number of ether oxygens (including phenoxy) is 1. The number of fused-ring (bicyclic) bond motifs is 1. The van der Waals surface area contributed by atoms with Crippen molar-refractivity contribution in [1.82, 2.24) is 5.32 Å². The van der Waals surface area contributed by atoms with Crippen LogP contribution in [0.4, 0.5) is 0 Å². The lowest BCUT2D eigenvalue weighted by atomic mass is 10.00. The van der Waals surface area contributed by atoms with Crippen LogP contribution in [0, 0.1) is 0 Å². The van der Waals surface area contributed by atoms with E-state index in [2.05, 4.69) is 61.8 Å². The minimum atomic E-state index is -0.0569. The molecule has 20 heavy (non-hydrogen) atoms. The average Bonchev–Trinajstić information content (AvgIpc) is 3.00. The maximum atomic E-state index is 5.92. The van der Waals surface area contributed by atoms with Gasteiger partial charge in [0, 0.05) is 23.9 Å². The molecule has 1 atom stereocenters. The van der Waals surface area contributed by atoms with Crippen LogP contribution in [-0.4, -0.2) is 5.60 Å². The highest BCUT2D eigenvalue weighted by molar-refractivity contribution is 7.10. The first kappa shape index (κ1) is 13.7. The first-order valence-electron chi connectivity index (χ1n) is 7.11. The van der Waals surface area contributed by atoms with Crippen LogP contribution in [0.1, 0.15) is 42.8 Å². The molecule has 106 valence electrons. The molecule has 2 nitrogen and oxygen atoms in total. The van der Waals surface area contributed by atoms with Gasteiger partial charge in [0.1, 0.15) is 11.4 Å². The molecule has 0 saturated carbocycles. The highest BCUT2D eigenvalue weighted by atomic mass is 32.1. The molecule has 1 aliphatic rings. The molecular weight excluding hydrogens is 266 g/mol. The number of nitrogens with one attached hydrogen (secondary N) is 1. The Morgan fingerprint density at radius 3 is 2.95 bits per heavy atom. The summed E-state index contributed by atoms with van der Waals surface area (Å²) < 4.78 is 5.92. The molecule has 0 bridgehead atoms. The van der Waals surface area contributed by atoms with E-state index in [0.717, 1.165) is 18.7 Å². The summed E-state index contributed by atoms with van der Waals surface area (Å²) in [6.07, 6.45) is 0.997. The van der Waals surface area contributed by atoms with E-state index in [1.54, 1.807) is 11.3 Å². The highest BCUT2D eigenvalue weighted by Gasteiger charge is 2.29. The molecule has 3 rings (SSSR count). The second-order valence-electron chi connectivity index (χ2n) is 6.10. The van der Waals surface area contributed by atoms with Gasteiger partial charge in [-0.3, -0.25) is 0 Å². The number of hydrogen-bond donors (Lipinski definition) is 1. The van der Waals surface area contributed by atoms with Crippen molar-refractivity contribution < 1.29 is 4.74 Å². The van der Waals surface area contributed by atoms with E-state index in [-0.39, 0.29) is 5.60 Å². The number of rotatable bonds is 4. The van der Waals surface area contributed by atoms with Crippen LogP contribution in [0.15, 0.2) is 35.7 Å². The zero-order chi connectivity index (χ0) is 14.2. The van der Waals surface area contributed by atoms with Crippen molar-refractivity contribution in [3.05, 3.63) is 51.7 Å². The normalized spacial score (nSPS) is 17.6. The van der Waals surface area contributed by atoms with Gasteiger partial charge >= 0.3 is 0 Å². The molecule has 3 heteroatoms. The smallest absolute Gasteiger partial charge is 0.123 e. The molecule has 2 heterocycles. The Bertz CT molecular complexity index is 589. The minimum Gasteiger partial charge on any atom is -0.487 e. The molecule has 1 aliphatic heterocycles. The SMILES string of the molecule is C[C@H](NCc1ccc2c(c1)CC(C)(C)O2)c1cccs1. The van der Waals surface area contributed by atoms with Crippen molar-refractivity contribution in [2.75, 3.05) is 0 Å². The second-order valence-corrected chi connectivity index (χ2v) is 7.08. The van der Waals surface area contributed by atoms with Gasteiger partial charge in [0.2, 0.25) is 0 Å². The van der Waals surface area contributed by atoms with E-state index in [1.807, 2.05) is 0 Å². The summed E-state index contributed by atoms with van der Waals surface area (Å²) in [6.45, 7) is 7.39. The van der Waals surface area contributed by atoms with Crippen LogP contribution in [0.3, 0.4) is 0 Å². The topological polar surface area (TPSA) is 21.3 Å². The lowest BCUT2D eigenvalue weighted by Gasteiger charge is -2.16. The lowest BCUT2D eigenvalue weighted by Crippen LogP contribution is -2.24. The monoisotopic (exact) mass is 287 g/mol. The van der Waals surface area contributed by atoms with Crippen LogP contribution in [-0.2, 0) is 13.0 Å². The first-order chi connectivity index (χ1) is 9.53. The van der Waals surface area contributed by atoms with Gasteiger partial charge in [0.15, 0.2) is 0 Å². The van der Waals surface area contributed by atoms with Gasteiger partial charge in [-0.1, -0.05) is 18.2 Å². The molecule has 0 aliphatic carbocycles. The maximum Gasteiger partial charge on any atom is 0.123 e. The number of thiophene rings is 1. The summed E-state index contributed by atoms with van der Waals surface area (Å²) in [4.78, 5) is 1.38. The van der Waals surface area contributed by atoms with E-state index in [0.29, 0.717) is 6.04 Å². The Morgan fingerprint density at radius 1 is 1.35 bits per heavy atom. The molecule has 2 aromatic rings. The Hall–Kier alpha value is -1.32. The summed E-state index contributed by atoms with van der Waals surface area (Å²) in [5.74, 6) is 1.05. The Morgan fingerprint density at radius 2 is 2.20 bits per heavy atom. The molecular formula is C17H21NOS. The summed E-state index contributed by atoms with van der Waals surface area (Å²) >= 11 is 1.80. The molecule has 0 saturated heterocycles. The van der Waals surface area contributed by atoms with Crippen molar-refractivity contribution in [3.8, 4) is 5.75 Å². The third-order valence-corrected chi connectivity index (χ3v) is 4.76. The van der Waals surface area contributed by atoms with E-state index < -0.39 is 0 Å². The van der Waals surface area contributed by atoms with Crippen LogP contribution in [0.5, 0.6) is 5.75 Å². The van der Waals surface area contributed by atoms with Gasteiger partial charge < -0.3 is 10.1 Å². The summed E-state index contributed by atoms with van der Waals surface area (Å²) in [5.41, 5.74) is 2.60. The van der Waals surface area contributed by atoms with Crippen LogP contribution >= 0.6 is 11.3 Å². The van der Waals surface area contributed by atoms with E-state index in [1.165, 1.54) is 16.0 Å². The van der Waals surface area contributed by atoms with Crippen molar-refractivity contribution in [1.29, 1.82) is 0 Å². The Labute approximate surface area is 124 Å². The van der Waals surface area contributed by atoms with Gasteiger partial charge in [-0.25, -0.2) is 0 Å². The zero-order valence-corrected chi connectivity index (χ0v) is 13.1. The minimum absolute atomic E-state index is 0.0569. The van der Waals surface area contributed by atoms with Crippen LogP contribution in [0.2, 0.25) is 0 Å². The first-order valence-corrected chi connectivity index (χ1v) is 7.99. The predicted octanol–water partition coefficient (Wildman–Crippen LogP) is 4.31. The molecule has 1 aromatic heterocycles. The fraction of sp³-hybridized carbons (Fsp3) is 0.412. The summed E-state index contributed by atoms with van der Waals surface area (Å²) in [7, 11) is 0. The highest BCUT2D eigenvalue weighted by Crippen LogP contribution is 2.35. The van der Waals surface area contributed by atoms with E-state index >= 15 is 0 Å². The van der Waals surface area contributed by atoms with E-state index in [4.69, 9.17) is 4.74 Å². The third kappa shape index (κ3) is 2.89. The van der Waals surface area contributed by atoms with Gasteiger partial charge in [0.25, 0.3) is 0 Å². The lowest BCUT2D eigenvalue weighted by molar-refractivity contribution is 0.138. The van der Waals surface area contributed by atoms with Crippen LogP contribution in [0.25, 0.3) is 0 Å². The van der Waals surface area contributed by atoms with Crippen molar-refractivity contribution in [3.63, 3.8) is 0 Å². The van der Waals surface area contributed by atoms with Gasteiger partial charge in [0.05, 0.1) is 0 Å². The molecule has 0 radical (unpaired) electrons. The molecule has 0 amide bonds. The molecule has 1 N–H and O–H groups in total. The number of hydrogen-bond acceptors (Lipinski definition) is 3. The summed E-state index contributed by atoms with van der Waals surface area (Å²) in [6, 6.07) is 11.2. The second kappa shape index (κ2) is 5.23. The average molecular weight is 287 g/mol. The molecule has 0 fully saturated rings. The van der Waals surface area contributed by atoms with Gasteiger partial charge in [-0.05, 0) is 49.4 Å². The third-order valence-electron chi connectivity index (χ3n) is 3.71. The Balaban J connectivity index is 1.65. The predicted molar refractivity (Wildman–Crippen MR) is 84.4 cm³/mol. The van der Waals surface area contributed by atoms with Gasteiger partial charge in [-0.2, -0.15) is 0 Å². The largest absolute Gasteiger partial charge is 0.487 e. The fourth-order valence-electron chi connectivity index (χ4n) is 2.68. The molecule has 1 aromatic carbocycles. The fourth-order valence-corrected chi connectivity index (χ4v) is 3.44. The number of benzene rings is 1. The van der Waals surface area contributed by atoms with E-state index in [9.17, 15) is 0 Å². The maximum absolute atomic E-state index is 5.92. The van der Waals surface area contributed by atoms with Crippen molar-refractivity contribution in [2.24, 2.45) is 0 Å². The van der Waals surface area contributed by atoms with Crippen molar-refractivity contribution in [2.45, 2.75) is 45.4 Å². The Kier molecular flexibility index (Phi) is 3.57. The van der Waals surface area contributed by atoms with Crippen molar-refractivity contribution >= 4 is 11.3 Å². The van der Waals surface area contributed by atoms with Gasteiger partial charge in [-0.15, -0.1) is 11.3 Å².